The molecule has 1 fully saturated rings. The second-order valence-corrected chi connectivity index (χ2v) is 4.70. The highest BCUT2D eigenvalue weighted by molar-refractivity contribution is 5.85. The van der Waals surface area contributed by atoms with Crippen LogP contribution in [0.15, 0.2) is 0 Å². The van der Waals surface area contributed by atoms with Crippen molar-refractivity contribution in [2.45, 2.75) is 19.8 Å². The van der Waals surface area contributed by atoms with Crippen molar-refractivity contribution in [3.8, 4) is 0 Å². The summed E-state index contributed by atoms with van der Waals surface area (Å²) < 4.78 is 5.08. The minimum Gasteiger partial charge on any atom is -0.466 e. The molecule has 1 aliphatic rings. The van der Waals surface area contributed by atoms with Crippen molar-refractivity contribution >= 4 is 30.8 Å². The van der Waals surface area contributed by atoms with Crippen LogP contribution in [0, 0.1) is 5.92 Å². The number of likely N-dealkylation sites (N-methyl/N-ethyl adjacent to an activating group) is 1. The van der Waals surface area contributed by atoms with E-state index < -0.39 is 0 Å². The summed E-state index contributed by atoms with van der Waals surface area (Å²) in [6, 6.07) is 0. The zero-order valence-corrected chi connectivity index (χ0v) is 13.2. The second-order valence-electron chi connectivity index (χ2n) is 4.70. The largest absolute Gasteiger partial charge is 0.466 e. The Morgan fingerprint density at radius 3 is 2.61 bits per heavy atom. The summed E-state index contributed by atoms with van der Waals surface area (Å²) >= 11 is 0. The summed E-state index contributed by atoms with van der Waals surface area (Å²) in [5, 5.41) is 0. The van der Waals surface area contributed by atoms with Crippen molar-refractivity contribution in [3.05, 3.63) is 0 Å². The minimum absolute atomic E-state index is 0. The smallest absolute Gasteiger partial charge is 0.310 e. The van der Waals surface area contributed by atoms with Gasteiger partial charge >= 0.3 is 5.97 Å². The molecule has 110 valence electrons. The molecule has 0 amide bonds. The zero-order valence-electron chi connectivity index (χ0n) is 11.6. The summed E-state index contributed by atoms with van der Waals surface area (Å²) in [6.07, 6.45) is 2.09. The van der Waals surface area contributed by atoms with Gasteiger partial charge in [-0.15, -0.1) is 24.8 Å². The summed E-state index contributed by atoms with van der Waals surface area (Å²) in [6.45, 7) is 6.44. The van der Waals surface area contributed by atoms with Crippen LogP contribution in [-0.2, 0) is 9.53 Å². The Kier molecular flexibility index (Phi) is 12.2. The van der Waals surface area contributed by atoms with E-state index in [2.05, 4.69) is 23.9 Å². The predicted octanol–water partition coefficient (Wildman–Crippen LogP) is 1.67. The maximum atomic E-state index is 11.6. The predicted molar refractivity (Wildman–Crippen MR) is 78.8 cm³/mol. The van der Waals surface area contributed by atoms with Crippen LogP contribution in [0.3, 0.4) is 0 Å². The number of halogens is 2. The first kappa shape index (κ1) is 20.3. The molecule has 1 atom stereocenters. The molecule has 0 aliphatic carbocycles. The lowest BCUT2D eigenvalue weighted by Crippen LogP contribution is -2.42. The van der Waals surface area contributed by atoms with Gasteiger partial charge in [0.1, 0.15) is 0 Å². The number of hydrogen-bond donors (Lipinski definition) is 0. The van der Waals surface area contributed by atoms with Gasteiger partial charge in [0.15, 0.2) is 0 Å². The van der Waals surface area contributed by atoms with Crippen LogP contribution in [0.25, 0.3) is 0 Å². The van der Waals surface area contributed by atoms with E-state index in [0.29, 0.717) is 6.61 Å². The van der Waals surface area contributed by atoms with E-state index in [9.17, 15) is 4.79 Å². The van der Waals surface area contributed by atoms with Crippen LogP contribution in [0.2, 0.25) is 0 Å². The van der Waals surface area contributed by atoms with E-state index in [1.165, 1.54) is 0 Å². The third kappa shape index (κ3) is 7.41. The van der Waals surface area contributed by atoms with Gasteiger partial charge in [-0.3, -0.25) is 4.79 Å². The molecule has 1 aliphatic heterocycles. The average molecular weight is 301 g/mol. The first-order chi connectivity index (χ1) is 7.63. The van der Waals surface area contributed by atoms with Crippen molar-refractivity contribution in [3.63, 3.8) is 0 Å². The van der Waals surface area contributed by atoms with Gasteiger partial charge in [-0.25, -0.2) is 0 Å². The lowest BCUT2D eigenvalue weighted by atomic mass is 9.98. The molecule has 18 heavy (non-hydrogen) atoms. The fourth-order valence-corrected chi connectivity index (χ4v) is 2.05. The van der Waals surface area contributed by atoms with E-state index in [-0.39, 0.29) is 36.7 Å². The van der Waals surface area contributed by atoms with Crippen LogP contribution in [-0.4, -0.2) is 62.7 Å². The standard InChI is InChI=1S/C12H24N2O2.2ClH/c1-4-16-12(15)11-6-5-7-14(10-11)9-8-13(2)3;;/h11H,4-10H2,1-3H3;2*1H. The van der Waals surface area contributed by atoms with Gasteiger partial charge in [-0.05, 0) is 40.4 Å². The molecule has 6 heteroatoms. The molecule has 1 rings (SSSR count). The summed E-state index contributed by atoms with van der Waals surface area (Å²) in [7, 11) is 4.15. The fourth-order valence-electron chi connectivity index (χ4n) is 2.05. The van der Waals surface area contributed by atoms with Crippen LogP contribution in [0.1, 0.15) is 19.8 Å². The number of ether oxygens (including phenoxy) is 1. The van der Waals surface area contributed by atoms with Gasteiger partial charge in [-0.2, -0.15) is 0 Å². The first-order valence-electron chi connectivity index (χ1n) is 6.17. The summed E-state index contributed by atoms with van der Waals surface area (Å²) in [4.78, 5) is 16.2. The molecule has 1 unspecified atom stereocenters. The molecule has 1 heterocycles. The number of nitrogens with zero attached hydrogens (tertiary/aromatic N) is 2. The van der Waals surface area contributed by atoms with Crippen LogP contribution in [0.5, 0.6) is 0 Å². The molecular formula is C12H26Cl2N2O2. The lowest BCUT2D eigenvalue weighted by Gasteiger charge is -2.32. The fraction of sp³-hybridized carbons (Fsp3) is 0.917. The zero-order chi connectivity index (χ0) is 12.0. The van der Waals surface area contributed by atoms with E-state index in [4.69, 9.17) is 4.74 Å². The molecule has 0 aromatic carbocycles. The molecule has 0 bridgehead atoms. The number of hydrogen-bond acceptors (Lipinski definition) is 4. The SMILES string of the molecule is CCOC(=O)C1CCCN(CCN(C)C)C1.Cl.Cl. The Labute approximate surface area is 123 Å². The van der Waals surface area contributed by atoms with Crippen LogP contribution in [0.4, 0.5) is 0 Å². The molecule has 1 saturated heterocycles. The Morgan fingerprint density at radius 1 is 1.39 bits per heavy atom. The third-order valence-corrected chi connectivity index (χ3v) is 2.99. The normalized spacial score (nSPS) is 19.9. The minimum atomic E-state index is -0.0166. The monoisotopic (exact) mass is 300 g/mol. The van der Waals surface area contributed by atoms with Gasteiger partial charge in [0, 0.05) is 19.6 Å². The Morgan fingerprint density at radius 2 is 2.06 bits per heavy atom. The van der Waals surface area contributed by atoms with Crippen molar-refractivity contribution in [2.75, 3.05) is 46.9 Å². The van der Waals surface area contributed by atoms with Crippen molar-refractivity contribution in [2.24, 2.45) is 5.92 Å². The van der Waals surface area contributed by atoms with Gasteiger partial charge in [0.25, 0.3) is 0 Å². The molecule has 0 radical (unpaired) electrons. The maximum Gasteiger partial charge on any atom is 0.310 e. The number of likely N-dealkylation sites (tertiary alicyclic amines) is 1. The van der Waals surface area contributed by atoms with Gasteiger partial charge in [0.05, 0.1) is 12.5 Å². The van der Waals surface area contributed by atoms with E-state index in [1.54, 1.807) is 0 Å². The summed E-state index contributed by atoms with van der Waals surface area (Å²) in [5.74, 6) is 0.0768. The highest BCUT2D eigenvalue weighted by Gasteiger charge is 2.26. The van der Waals surface area contributed by atoms with Crippen LogP contribution < -0.4 is 0 Å². The van der Waals surface area contributed by atoms with Crippen molar-refractivity contribution in [1.29, 1.82) is 0 Å². The van der Waals surface area contributed by atoms with Crippen LogP contribution >= 0.6 is 24.8 Å². The van der Waals surface area contributed by atoms with E-state index in [1.807, 2.05) is 6.92 Å². The van der Waals surface area contributed by atoms with E-state index in [0.717, 1.165) is 39.0 Å². The molecule has 0 aromatic heterocycles. The van der Waals surface area contributed by atoms with Gasteiger partial charge in [0.2, 0.25) is 0 Å². The average Bonchev–Trinajstić information content (AvgIpc) is 2.27. The highest BCUT2D eigenvalue weighted by Crippen LogP contribution is 2.17. The summed E-state index contributed by atoms with van der Waals surface area (Å²) in [5.41, 5.74) is 0. The number of esters is 1. The molecule has 0 spiro atoms. The Balaban J connectivity index is 0. The molecular weight excluding hydrogens is 275 g/mol. The quantitative estimate of drug-likeness (QED) is 0.723. The number of carbonyl (C=O) groups excluding carboxylic acids is 1. The second kappa shape index (κ2) is 10.9. The van der Waals surface area contributed by atoms with Crippen molar-refractivity contribution in [1.82, 2.24) is 9.80 Å². The third-order valence-electron chi connectivity index (χ3n) is 2.99. The number of carbonyl (C=O) groups is 1. The number of rotatable bonds is 5. The van der Waals surface area contributed by atoms with Gasteiger partial charge in [-0.1, -0.05) is 0 Å². The maximum absolute atomic E-state index is 11.6. The molecule has 4 nitrogen and oxygen atoms in total. The molecule has 0 saturated carbocycles. The highest BCUT2D eigenvalue weighted by atomic mass is 35.5. The molecule has 0 aromatic rings. The van der Waals surface area contributed by atoms with Gasteiger partial charge < -0.3 is 14.5 Å². The molecule has 0 N–H and O–H groups in total. The Bertz CT molecular complexity index is 228. The van der Waals surface area contributed by atoms with Crippen molar-refractivity contribution < 1.29 is 9.53 Å². The first-order valence-corrected chi connectivity index (χ1v) is 6.17. The number of piperidine rings is 1. The van der Waals surface area contributed by atoms with E-state index >= 15 is 0 Å². The lowest BCUT2D eigenvalue weighted by molar-refractivity contribution is -0.149. The Hall–Kier alpha value is -0.0300. The topological polar surface area (TPSA) is 32.8 Å².